The molecule has 2 rings (SSSR count). The molecule has 0 saturated carbocycles. The average molecular weight is 279 g/mol. The van der Waals surface area contributed by atoms with E-state index in [1.54, 1.807) is 0 Å². The van der Waals surface area contributed by atoms with Gasteiger partial charge in [0, 0.05) is 17.9 Å². The lowest BCUT2D eigenvalue weighted by Gasteiger charge is -2.08. The molecule has 0 atom stereocenters. The zero-order valence-electron chi connectivity index (χ0n) is 10.6. The Bertz CT molecular complexity index is 567. The molecule has 1 aromatic carbocycles. The van der Waals surface area contributed by atoms with Gasteiger partial charge < -0.3 is 5.32 Å². The van der Waals surface area contributed by atoms with E-state index >= 15 is 0 Å². The average Bonchev–Trinajstić information content (AvgIpc) is 2.83. The summed E-state index contributed by atoms with van der Waals surface area (Å²) in [6.07, 6.45) is 1.07. The first-order chi connectivity index (χ1) is 9.20. The summed E-state index contributed by atoms with van der Waals surface area (Å²) >= 11 is 5.57. The van der Waals surface area contributed by atoms with E-state index in [2.05, 4.69) is 20.5 Å². The Morgan fingerprint density at radius 1 is 1.42 bits per heavy atom. The summed E-state index contributed by atoms with van der Waals surface area (Å²) < 4.78 is 0. The molecule has 0 radical (unpaired) electrons. The van der Waals surface area contributed by atoms with Crippen LogP contribution in [0.1, 0.15) is 18.7 Å². The quantitative estimate of drug-likeness (QED) is 0.826. The molecule has 0 fully saturated rings. The highest BCUT2D eigenvalue weighted by Gasteiger charge is 2.11. The summed E-state index contributed by atoms with van der Waals surface area (Å²) in [5.74, 6) is 1.74. The Hall–Kier alpha value is -1.88. The van der Waals surface area contributed by atoms with E-state index in [4.69, 9.17) is 11.6 Å². The number of hydrogen-bond donors (Lipinski definition) is 2. The molecular formula is C13H15ClN4O. The number of aryl methyl sites for hydroxylation is 1. The monoisotopic (exact) mass is 278 g/mol. The molecule has 0 aliphatic carbocycles. The number of H-pyrrole nitrogens is 1. The third-order valence-electron chi connectivity index (χ3n) is 2.58. The van der Waals surface area contributed by atoms with Gasteiger partial charge in [-0.25, -0.2) is 4.98 Å². The number of nitrogens with zero attached hydrogens (tertiary/aromatic N) is 2. The van der Waals surface area contributed by atoms with Crippen LogP contribution in [-0.2, 0) is 4.79 Å². The first kappa shape index (κ1) is 13.5. The summed E-state index contributed by atoms with van der Waals surface area (Å²) in [6.45, 7) is 1.83. The van der Waals surface area contributed by atoms with Crippen LogP contribution in [0.5, 0.6) is 0 Å². The lowest BCUT2D eigenvalue weighted by Crippen LogP contribution is -2.12. The third kappa shape index (κ3) is 3.54. The molecule has 2 N–H and O–H groups in total. The summed E-state index contributed by atoms with van der Waals surface area (Å²) in [4.78, 5) is 16.0. The van der Waals surface area contributed by atoms with E-state index in [1.165, 1.54) is 0 Å². The van der Waals surface area contributed by atoms with Crippen LogP contribution in [0.3, 0.4) is 0 Å². The van der Waals surface area contributed by atoms with Crippen molar-refractivity contribution in [1.29, 1.82) is 0 Å². The van der Waals surface area contributed by atoms with Gasteiger partial charge in [0.15, 0.2) is 5.82 Å². The van der Waals surface area contributed by atoms with Gasteiger partial charge in [-0.2, -0.15) is 5.10 Å². The maximum atomic E-state index is 11.7. The van der Waals surface area contributed by atoms with E-state index in [1.807, 2.05) is 31.2 Å². The number of anilines is 1. The van der Waals surface area contributed by atoms with Crippen LogP contribution in [0, 0.1) is 6.92 Å². The Balaban J connectivity index is 2.19. The second-order valence-corrected chi connectivity index (χ2v) is 4.51. The van der Waals surface area contributed by atoms with E-state index in [0.29, 0.717) is 30.2 Å². The van der Waals surface area contributed by atoms with Crippen molar-refractivity contribution in [3.05, 3.63) is 30.1 Å². The molecule has 1 heterocycles. The van der Waals surface area contributed by atoms with Crippen molar-refractivity contribution in [3.8, 4) is 11.4 Å². The fourth-order valence-electron chi connectivity index (χ4n) is 1.69. The first-order valence-electron chi connectivity index (χ1n) is 6.05. The maximum Gasteiger partial charge on any atom is 0.224 e. The number of halogens is 1. The van der Waals surface area contributed by atoms with Gasteiger partial charge in [0.05, 0.1) is 5.69 Å². The molecule has 100 valence electrons. The number of rotatable bonds is 5. The van der Waals surface area contributed by atoms with Crippen molar-refractivity contribution in [1.82, 2.24) is 15.2 Å². The second-order valence-electron chi connectivity index (χ2n) is 4.13. The second kappa shape index (κ2) is 6.33. The minimum atomic E-state index is -0.0552. The van der Waals surface area contributed by atoms with Gasteiger partial charge in [-0.3, -0.25) is 9.89 Å². The van der Waals surface area contributed by atoms with Crippen molar-refractivity contribution in [2.45, 2.75) is 19.8 Å². The molecule has 2 aromatic rings. The summed E-state index contributed by atoms with van der Waals surface area (Å²) in [7, 11) is 0. The fourth-order valence-corrected chi connectivity index (χ4v) is 1.82. The number of hydrogen-bond acceptors (Lipinski definition) is 3. The fraction of sp³-hybridized carbons (Fsp3) is 0.308. The molecule has 0 unspecified atom stereocenters. The normalized spacial score (nSPS) is 10.4. The largest absolute Gasteiger partial charge is 0.325 e. The van der Waals surface area contributed by atoms with Gasteiger partial charge in [0.2, 0.25) is 5.91 Å². The SMILES string of the molecule is Cc1nc(-c2ccccc2NC(=O)CCCCl)n[nH]1. The van der Waals surface area contributed by atoms with Crippen LogP contribution in [0.2, 0.25) is 0 Å². The number of para-hydroxylation sites is 1. The number of nitrogens with one attached hydrogen (secondary N) is 2. The highest BCUT2D eigenvalue weighted by atomic mass is 35.5. The van der Waals surface area contributed by atoms with E-state index in [-0.39, 0.29) is 5.91 Å². The van der Waals surface area contributed by atoms with Crippen molar-refractivity contribution in [3.63, 3.8) is 0 Å². The number of aromatic amines is 1. The lowest BCUT2D eigenvalue weighted by atomic mass is 10.1. The van der Waals surface area contributed by atoms with Crippen molar-refractivity contribution >= 4 is 23.2 Å². The Morgan fingerprint density at radius 3 is 2.89 bits per heavy atom. The molecule has 0 aliphatic heterocycles. The van der Waals surface area contributed by atoms with Gasteiger partial charge in [-0.1, -0.05) is 12.1 Å². The molecule has 5 nitrogen and oxygen atoms in total. The minimum Gasteiger partial charge on any atom is -0.325 e. The van der Waals surface area contributed by atoms with Crippen molar-refractivity contribution in [2.24, 2.45) is 0 Å². The standard InChI is InChI=1S/C13H15ClN4O/c1-9-15-13(18-17-9)10-5-2-3-6-11(10)16-12(19)7-4-8-14/h2-3,5-6H,4,7-8H2,1H3,(H,16,19)(H,15,17,18). The van der Waals surface area contributed by atoms with Gasteiger partial charge in [0.1, 0.15) is 5.82 Å². The Morgan fingerprint density at radius 2 is 2.21 bits per heavy atom. The Kier molecular flexibility index (Phi) is 4.52. The number of amides is 1. The highest BCUT2D eigenvalue weighted by Crippen LogP contribution is 2.24. The predicted molar refractivity (Wildman–Crippen MR) is 75.1 cm³/mol. The molecule has 0 spiro atoms. The summed E-state index contributed by atoms with van der Waals surface area (Å²) in [6, 6.07) is 7.45. The number of carbonyl (C=O) groups excluding carboxylic acids is 1. The topological polar surface area (TPSA) is 70.7 Å². The Labute approximate surface area is 116 Å². The first-order valence-corrected chi connectivity index (χ1v) is 6.58. The molecule has 0 aliphatic rings. The lowest BCUT2D eigenvalue weighted by molar-refractivity contribution is -0.116. The van der Waals surface area contributed by atoms with Crippen LogP contribution >= 0.6 is 11.6 Å². The zero-order chi connectivity index (χ0) is 13.7. The van der Waals surface area contributed by atoms with E-state index < -0.39 is 0 Å². The third-order valence-corrected chi connectivity index (χ3v) is 2.84. The van der Waals surface area contributed by atoms with Crippen LogP contribution < -0.4 is 5.32 Å². The van der Waals surface area contributed by atoms with Gasteiger partial charge in [-0.05, 0) is 25.5 Å². The summed E-state index contributed by atoms with van der Waals surface area (Å²) in [5, 5.41) is 9.76. The zero-order valence-corrected chi connectivity index (χ0v) is 11.4. The maximum absolute atomic E-state index is 11.7. The van der Waals surface area contributed by atoms with E-state index in [9.17, 15) is 4.79 Å². The molecule has 0 bridgehead atoms. The molecule has 1 aromatic heterocycles. The minimum absolute atomic E-state index is 0.0552. The molecule has 0 saturated heterocycles. The summed E-state index contributed by atoms with van der Waals surface area (Å²) in [5.41, 5.74) is 1.51. The number of carbonyl (C=O) groups is 1. The van der Waals surface area contributed by atoms with Gasteiger partial charge >= 0.3 is 0 Å². The van der Waals surface area contributed by atoms with Crippen LogP contribution in [-0.4, -0.2) is 27.0 Å². The van der Waals surface area contributed by atoms with Crippen molar-refractivity contribution < 1.29 is 4.79 Å². The van der Waals surface area contributed by atoms with Gasteiger partial charge in [-0.15, -0.1) is 11.6 Å². The van der Waals surface area contributed by atoms with E-state index in [0.717, 1.165) is 11.4 Å². The predicted octanol–water partition coefficient (Wildman–Crippen LogP) is 2.74. The molecule has 19 heavy (non-hydrogen) atoms. The van der Waals surface area contributed by atoms with Crippen LogP contribution in [0.25, 0.3) is 11.4 Å². The number of aromatic nitrogens is 3. The molecular weight excluding hydrogens is 264 g/mol. The van der Waals surface area contributed by atoms with Crippen molar-refractivity contribution in [2.75, 3.05) is 11.2 Å². The molecule has 6 heteroatoms. The van der Waals surface area contributed by atoms with Crippen LogP contribution in [0.15, 0.2) is 24.3 Å². The smallest absolute Gasteiger partial charge is 0.224 e. The number of alkyl halides is 1. The molecule has 1 amide bonds. The highest BCUT2D eigenvalue weighted by molar-refractivity contribution is 6.18. The van der Waals surface area contributed by atoms with Gasteiger partial charge in [0.25, 0.3) is 0 Å². The van der Waals surface area contributed by atoms with Crippen LogP contribution in [0.4, 0.5) is 5.69 Å². The number of benzene rings is 1.